The highest BCUT2D eigenvalue weighted by Crippen LogP contribution is 2.29. The molecule has 2 heterocycles. The largest absolute Gasteiger partial charge is 0.493 e. The Morgan fingerprint density at radius 1 is 1.22 bits per heavy atom. The molecule has 1 amide bonds. The third-order valence-electron chi connectivity index (χ3n) is 5.93. The smallest absolute Gasteiger partial charge is 0.251 e. The molecule has 32 heavy (non-hydrogen) atoms. The van der Waals surface area contributed by atoms with Gasteiger partial charge >= 0.3 is 0 Å². The predicted molar refractivity (Wildman–Crippen MR) is 126 cm³/mol. The van der Waals surface area contributed by atoms with Gasteiger partial charge in [-0.2, -0.15) is 0 Å². The molecule has 0 saturated heterocycles. The van der Waals surface area contributed by atoms with E-state index in [1.165, 1.54) is 22.5 Å². The zero-order valence-corrected chi connectivity index (χ0v) is 19.4. The van der Waals surface area contributed by atoms with Crippen molar-refractivity contribution in [3.05, 3.63) is 75.7 Å². The molecule has 6 nitrogen and oxygen atoms in total. The van der Waals surface area contributed by atoms with Crippen molar-refractivity contribution in [3.8, 4) is 11.5 Å². The number of carbonyl (C=O) groups is 1. The Bertz CT molecular complexity index is 1040. The number of hydrogen-bond donors (Lipinski definition) is 1. The number of fused-ring (bicyclic) bond motifs is 1. The number of nitrogens with one attached hydrogen (secondary N) is 1. The topological polar surface area (TPSA) is 63.7 Å². The fraction of sp³-hybridized carbons (Fsp3) is 0.360. The fourth-order valence-corrected chi connectivity index (χ4v) is 4.61. The normalized spacial score (nSPS) is 14.4. The van der Waals surface area contributed by atoms with Gasteiger partial charge in [0.25, 0.3) is 5.91 Å². The summed E-state index contributed by atoms with van der Waals surface area (Å²) in [6.07, 6.45) is 2.04. The standard InChI is InChI=1S/C25H29N3O3S/c1-3-22(28-11-10-18-6-4-5-7-20(18)14-28)13-26-25(29)19-8-9-23(24(12-19)30-2)31-15-21-16-32-17-27-21/h4-9,12,16-17,22H,3,10-11,13-15H2,1-2H3,(H,26,29). The van der Waals surface area contributed by atoms with Crippen LogP contribution in [0.1, 0.15) is 40.5 Å². The average molecular weight is 452 g/mol. The minimum atomic E-state index is -0.106. The highest BCUT2D eigenvalue weighted by atomic mass is 32.1. The first-order valence-corrected chi connectivity index (χ1v) is 11.9. The maximum Gasteiger partial charge on any atom is 0.251 e. The van der Waals surface area contributed by atoms with Crippen LogP contribution >= 0.6 is 11.3 Å². The molecule has 0 bridgehead atoms. The summed E-state index contributed by atoms with van der Waals surface area (Å²) in [4.78, 5) is 19.5. The minimum absolute atomic E-state index is 0.106. The molecule has 168 valence electrons. The van der Waals surface area contributed by atoms with Crippen LogP contribution in [0.25, 0.3) is 0 Å². The van der Waals surface area contributed by atoms with Gasteiger partial charge in [0, 0.05) is 36.6 Å². The van der Waals surface area contributed by atoms with E-state index in [4.69, 9.17) is 9.47 Å². The van der Waals surface area contributed by atoms with E-state index >= 15 is 0 Å². The first-order chi connectivity index (χ1) is 15.7. The van der Waals surface area contributed by atoms with Crippen molar-refractivity contribution >= 4 is 17.2 Å². The molecule has 2 aromatic carbocycles. The van der Waals surface area contributed by atoms with Crippen LogP contribution in [-0.4, -0.2) is 42.0 Å². The lowest BCUT2D eigenvalue weighted by molar-refractivity contribution is 0.0926. The van der Waals surface area contributed by atoms with Gasteiger partial charge in [0.15, 0.2) is 11.5 Å². The molecule has 0 spiro atoms. The van der Waals surface area contributed by atoms with Crippen LogP contribution in [0.4, 0.5) is 0 Å². The summed E-state index contributed by atoms with van der Waals surface area (Å²) >= 11 is 1.53. The lowest BCUT2D eigenvalue weighted by atomic mass is 9.98. The van der Waals surface area contributed by atoms with E-state index in [9.17, 15) is 4.79 Å². The zero-order valence-electron chi connectivity index (χ0n) is 18.5. The van der Waals surface area contributed by atoms with E-state index in [1.807, 2.05) is 5.38 Å². The maximum absolute atomic E-state index is 12.8. The Labute approximate surface area is 193 Å². The van der Waals surface area contributed by atoms with Gasteiger partial charge < -0.3 is 14.8 Å². The maximum atomic E-state index is 12.8. The SMILES string of the molecule is CCC(CNC(=O)c1ccc(OCc2cscn2)c(OC)c1)N1CCc2ccccc2C1. The lowest BCUT2D eigenvalue weighted by Gasteiger charge is -2.35. The summed E-state index contributed by atoms with van der Waals surface area (Å²) in [5.74, 6) is 1.02. The number of rotatable bonds is 9. The first-order valence-electron chi connectivity index (χ1n) is 10.9. The Morgan fingerprint density at radius 2 is 2.06 bits per heavy atom. The number of carbonyl (C=O) groups excluding carboxylic acids is 1. The first kappa shape index (κ1) is 22.3. The Kier molecular flexibility index (Phi) is 7.39. The molecule has 1 atom stereocenters. The van der Waals surface area contributed by atoms with Crippen molar-refractivity contribution in [2.24, 2.45) is 0 Å². The van der Waals surface area contributed by atoms with Crippen LogP contribution in [0.2, 0.25) is 0 Å². The summed E-state index contributed by atoms with van der Waals surface area (Å²) in [6, 6.07) is 14.2. The molecule has 0 radical (unpaired) electrons. The second-order valence-electron chi connectivity index (χ2n) is 7.90. The quantitative estimate of drug-likeness (QED) is 0.526. The van der Waals surface area contributed by atoms with Gasteiger partial charge in [0.05, 0.1) is 18.3 Å². The fourth-order valence-electron chi connectivity index (χ4n) is 4.06. The average Bonchev–Trinajstić information content (AvgIpc) is 3.36. The van der Waals surface area contributed by atoms with Gasteiger partial charge in [-0.15, -0.1) is 11.3 Å². The van der Waals surface area contributed by atoms with Gasteiger partial charge in [-0.3, -0.25) is 9.69 Å². The van der Waals surface area contributed by atoms with Crippen LogP contribution in [0.3, 0.4) is 0 Å². The Balaban J connectivity index is 1.35. The van der Waals surface area contributed by atoms with E-state index in [0.29, 0.717) is 36.3 Å². The van der Waals surface area contributed by atoms with Gasteiger partial charge in [0.2, 0.25) is 0 Å². The Morgan fingerprint density at radius 3 is 2.81 bits per heavy atom. The number of thiazole rings is 1. The van der Waals surface area contributed by atoms with Crippen LogP contribution in [0.15, 0.2) is 53.4 Å². The molecular formula is C25H29N3O3S. The zero-order chi connectivity index (χ0) is 22.3. The number of aromatic nitrogens is 1. The van der Waals surface area contributed by atoms with Crippen LogP contribution in [0.5, 0.6) is 11.5 Å². The third-order valence-corrected chi connectivity index (χ3v) is 6.57. The van der Waals surface area contributed by atoms with Gasteiger partial charge in [0.1, 0.15) is 6.61 Å². The number of ether oxygens (including phenoxy) is 2. The lowest BCUT2D eigenvalue weighted by Crippen LogP contribution is -2.45. The highest BCUT2D eigenvalue weighted by Gasteiger charge is 2.23. The molecule has 0 fully saturated rings. The molecule has 4 rings (SSSR count). The molecule has 3 aromatic rings. The second-order valence-corrected chi connectivity index (χ2v) is 8.61. The molecule has 1 N–H and O–H groups in total. The van der Waals surface area contributed by atoms with E-state index in [2.05, 4.69) is 46.4 Å². The minimum Gasteiger partial charge on any atom is -0.493 e. The summed E-state index contributed by atoms with van der Waals surface area (Å²) in [5.41, 5.74) is 6.02. The van der Waals surface area contributed by atoms with Crippen molar-refractivity contribution in [1.29, 1.82) is 0 Å². The van der Waals surface area contributed by atoms with Crippen molar-refractivity contribution in [2.75, 3.05) is 20.2 Å². The molecular weight excluding hydrogens is 422 g/mol. The summed E-state index contributed by atoms with van der Waals surface area (Å²) in [7, 11) is 1.58. The van der Waals surface area contributed by atoms with Crippen LogP contribution < -0.4 is 14.8 Å². The Hall–Kier alpha value is -2.90. The van der Waals surface area contributed by atoms with Gasteiger partial charge in [-0.25, -0.2) is 4.98 Å². The number of amides is 1. The third kappa shape index (κ3) is 5.29. The van der Waals surface area contributed by atoms with Crippen molar-refractivity contribution in [1.82, 2.24) is 15.2 Å². The van der Waals surface area contributed by atoms with E-state index in [1.54, 1.807) is 30.8 Å². The molecule has 0 saturated carbocycles. The summed E-state index contributed by atoms with van der Waals surface area (Å²) in [5, 5.41) is 5.05. The predicted octanol–water partition coefficient (Wildman–Crippen LogP) is 4.30. The number of hydrogen-bond acceptors (Lipinski definition) is 6. The van der Waals surface area contributed by atoms with Crippen LogP contribution in [-0.2, 0) is 19.6 Å². The van der Waals surface area contributed by atoms with Crippen LogP contribution in [0, 0.1) is 0 Å². The summed E-state index contributed by atoms with van der Waals surface area (Å²) in [6.45, 7) is 5.10. The molecule has 7 heteroatoms. The van der Waals surface area contributed by atoms with E-state index < -0.39 is 0 Å². The molecule has 1 unspecified atom stereocenters. The van der Waals surface area contributed by atoms with E-state index in [-0.39, 0.29) is 5.91 Å². The second kappa shape index (κ2) is 10.6. The van der Waals surface area contributed by atoms with Gasteiger partial charge in [-0.05, 0) is 42.2 Å². The highest BCUT2D eigenvalue weighted by molar-refractivity contribution is 7.07. The summed E-state index contributed by atoms with van der Waals surface area (Å²) < 4.78 is 11.3. The molecule has 1 aliphatic heterocycles. The molecule has 0 aliphatic carbocycles. The van der Waals surface area contributed by atoms with E-state index in [0.717, 1.165) is 31.6 Å². The van der Waals surface area contributed by atoms with Crippen molar-refractivity contribution in [3.63, 3.8) is 0 Å². The van der Waals surface area contributed by atoms with Crippen molar-refractivity contribution in [2.45, 2.75) is 39.0 Å². The number of nitrogens with zero attached hydrogens (tertiary/aromatic N) is 2. The monoisotopic (exact) mass is 451 g/mol. The number of methoxy groups -OCH3 is 1. The van der Waals surface area contributed by atoms with Crippen molar-refractivity contribution < 1.29 is 14.3 Å². The molecule has 1 aromatic heterocycles. The number of benzene rings is 2. The molecule has 1 aliphatic rings. The van der Waals surface area contributed by atoms with Gasteiger partial charge in [-0.1, -0.05) is 31.2 Å².